The number of hydrogen-bond acceptors (Lipinski definition) is 5. The second-order valence-corrected chi connectivity index (χ2v) is 7.54. The van der Waals surface area contributed by atoms with Crippen molar-refractivity contribution in [3.63, 3.8) is 0 Å². The van der Waals surface area contributed by atoms with Gasteiger partial charge in [0.1, 0.15) is 0 Å². The fraction of sp³-hybridized carbons (Fsp3) is 0.348. The topological polar surface area (TPSA) is 108 Å². The number of nitrogen functional groups attached to an aromatic ring is 1. The van der Waals surface area contributed by atoms with Crippen molar-refractivity contribution in [2.75, 3.05) is 29.6 Å². The first kappa shape index (κ1) is 21.2. The molecule has 1 saturated carbocycles. The maximum Gasteiger partial charge on any atom is 0.414 e. The Morgan fingerprint density at radius 1 is 1.17 bits per heavy atom. The lowest BCUT2D eigenvalue weighted by Crippen LogP contribution is -2.37. The number of carbonyl (C=O) groups is 2. The minimum Gasteiger partial charge on any atom is -0.452 e. The van der Waals surface area contributed by atoms with Gasteiger partial charge in [-0.3, -0.25) is 9.69 Å². The highest BCUT2D eigenvalue weighted by molar-refractivity contribution is 5.95. The van der Waals surface area contributed by atoms with Crippen molar-refractivity contribution in [2.24, 2.45) is 11.8 Å². The van der Waals surface area contributed by atoms with E-state index in [-0.39, 0.29) is 17.9 Å². The Kier molecular flexibility index (Phi) is 6.91. The van der Waals surface area contributed by atoms with Crippen molar-refractivity contribution in [3.05, 3.63) is 54.1 Å². The molecule has 0 heterocycles. The number of nitrogens with two attached hydrogens (primary N) is 1. The van der Waals surface area contributed by atoms with Crippen LogP contribution in [0.2, 0.25) is 0 Å². The monoisotopic (exact) mass is 406 g/mol. The molecule has 0 aliphatic heterocycles. The number of rotatable bonds is 5. The molecule has 3 N–H and O–H groups in total. The number of hydrogen-bond donors (Lipinski definition) is 2. The minimum absolute atomic E-state index is 0.0576. The van der Waals surface area contributed by atoms with Crippen molar-refractivity contribution < 1.29 is 14.3 Å². The van der Waals surface area contributed by atoms with Crippen LogP contribution in [-0.4, -0.2) is 25.7 Å². The lowest BCUT2D eigenvalue weighted by Gasteiger charge is -2.31. The molecule has 7 heteroatoms. The highest BCUT2D eigenvalue weighted by Crippen LogP contribution is 2.32. The van der Waals surface area contributed by atoms with Gasteiger partial charge in [0.25, 0.3) is 0 Å². The molecule has 1 aliphatic rings. The van der Waals surface area contributed by atoms with E-state index in [0.717, 1.165) is 31.4 Å². The Bertz CT molecular complexity index is 931. The number of carbonyl (C=O) groups excluding carboxylic acids is 2. The third kappa shape index (κ3) is 5.09. The number of ether oxygens (including phenoxy) is 1. The van der Waals surface area contributed by atoms with Gasteiger partial charge in [-0.25, -0.2) is 4.79 Å². The summed E-state index contributed by atoms with van der Waals surface area (Å²) in [4.78, 5) is 26.6. The Labute approximate surface area is 176 Å². The molecule has 0 unspecified atom stereocenters. The Morgan fingerprint density at radius 2 is 1.87 bits per heavy atom. The highest BCUT2D eigenvalue weighted by atomic mass is 16.5. The summed E-state index contributed by atoms with van der Waals surface area (Å²) in [6, 6.07) is 16.3. The molecule has 156 valence electrons. The maximum absolute atomic E-state index is 12.7. The largest absolute Gasteiger partial charge is 0.452 e. The molecule has 2 aromatic rings. The smallest absolute Gasteiger partial charge is 0.414 e. The number of para-hydroxylation sites is 1. The van der Waals surface area contributed by atoms with E-state index in [4.69, 9.17) is 15.7 Å². The number of nitrogens with zero attached hydrogens (tertiary/aromatic N) is 2. The van der Waals surface area contributed by atoms with E-state index < -0.39 is 0 Å². The van der Waals surface area contributed by atoms with Crippen LogP contribution in [0, 0.1) is 23.2 Å². The van der Waals surface area contributed by atoms with E-state index in [2.05, 4.69) is 5.32 Å². The van der Waals surface area contributed by atoms with Gasteiger partial charge >= 0.3 is 6.09 Å². The molecule has 0 spiro atoms. The molecule has 0 saturated heterocycles. The molecular weight excluding hydrogens is 380 g/mol. The minimum atomic E-state index is -0.377. The van der Waals surface area contributed by atoms with Crippen molar-refractivity contribution in [1.82, 2.24) is 0 Å². The van der Waals surface area contributed by atoms with E-state index in [9.17, 15) is 9.59 Å². The molecule has 2 amide bonds. The fourth-order valence-electron chi connectivity index (χ4n) is 3.85. The van der Waals surface area contributed by atoms with Gasteiger partial charge < -0.3 is 15.8 Å². The first-order valence-corrected chi connectivity index (χ1v) is 10.0. The molecule has 30 heavy (non-hydrogen) atoms. The van der Waals surface area contributed by atoms with Crippen LogP contribution in [0.25, 0.3) is 0 Å². The van der Waals surface area contributed by atoms with E-state index in [1.54, 1.807) is 23.1 Å². The zero-order valence-electron chi connectivity index (χ0n) is 17.0. The summed E-state index contributed by atoms with van der Waals surface area (Å²) in [5.41, 5.74) is 8.11. The molecule has 1 fully saturated rings. The van der Waals surface area contributed by atoms with Crippen LogP contribution in [0.1, 0.15) is 31.2 Å². The summed E-state index contributed by atoms with van der Waals surface area (Å²) in [6.45, 7) is 0.563. The second kappa shape index (κ2) is 9.79. The normalized spacial score (nSPS) is 18.1. The summed E-state index contributed by atoms with van der Waals surface area (Å²) in [6.07, 6.45) is 2.81. The standard InChI is InChI=1S/C23H26N4O3/c1-30-23(29)27(19-5-3-2-4-6-19)15-16-7-10-18(11-8-16)22(28)26-21-12-9-17(14-24)13-20(21)25/h2-6,9,12-13,16,18H,7-8,10-11,15,25H2,1H3,(H,26,28). The van der Waals surface area contributed by atoms with Crippen molar-refractivity contribution in [1.29, 1.82) is 5.26 Å². The predicted octanol–water partition coefficient (Wildman–Crippen LogP) is 4.16. The van der Waals surface area contributed by atoms with Crippen LogP contribution in [0.4, 0.5) is 21.9 Å². The van der Waals surface area contributed by atoms with Crippen LogP contribution < -0.4 is 16.0 Å². The third-order valence-corrected chi connectivity index (χ3v) is 5.56. The molecular formula is C23H26N4O3. The van der Waals surface area contributed by atoms with E-state index in [1.165, 1.54) is 7.11 Å². The van der Waals surface area contributed by atoms with Crippen LogP contribution in [0.15, 0.2) is 48.5 Å². The number of amides is 2. The molecule has 0 radical (unpaired) electrons. The van der Waals surface area contributed by atoms with Crippen LogP contribution in [0.3, 0.4) is 0 Å². The van der Waals surface area contributed by atoms with Gasteiger partial charge in [0.15, 0.2) is 0 Å². The first-order chi connectivity index (χ1) is 14.5. The fourth-order valence-corrected chi connectivity index (χ4v) is 3.85. The first-order valence-electron chi connectivity index (χ1n) is 10.0. The Hall–Kier alpha value is -3.53. The van der Waals surface area contributed by atoms with Crippen molar-refractivity contribution in [3.8, 4) is 6.07 Å². The SMILES string of the molecule is COC(=O)N(CC1CCC(C(=O)Nc2ccc(C#N)cc2N)CC1)c1ccccc1. The van der Waals surface area contributed by atoms with Gasteiger partial charge in [0, 0.05) is 18.2 Å². The quantitative estimate of drug-likeness (QED) is 0.725. The second-order valence-electron chi connectivity index (χ2n) is 7.54. The van der Waals surface area contributed by atoms with E-state index in [0.29, 0.717) is 29.4 Å². The Balaban J connectivity index is 1.56. The number of anilines is 3. The molecule has 0 bridgehead atoms. The van der Waals surface area contributed by atoms with Crippen LogP contribution in [-0.2, 0) is 9.53 Å². The summed E-state index contributed by atoms with van der Waals surface area (Å²) in [5, 5.41) is 11.8. The van der Waals surface area contributed by atoms with E-state index in [1.807, 2.05) is 36.4 Å². The van der Waals surface area contributed by atoms with Crippen LogP contribution >= 0.6 is 0 Å². The van der Waals surface area contributed by atoms with E-state index >= 15 is 0 Å². The molecule has 1 aliphatic carbocycles. The van der Waals surface area contributed by atoms with Crippen molar-refractivity contribution >= 4 is 29.1 Å². The lowest BCUT2D eigenvalue weighted by atomic mass is 9.81. The van der Waals surface area contributed by atoms with Gasteiger partial charge in [-0.2, -0.15) is 5.26 Å². The number of methoxy groups -OCH3 is 1. The maximum atomic E-state index is 12.7. The lowest BCUT2D eigenvalue weighted by molar-refractivity contribution is -0.121. The Morgan fingerprint density at radius 3 is 2.47 bits per heavy atom. The number of nitrogens with one attached hydrogen (secondary N) is 1. The molecule has 2 aromatic carbocycles. The van der Waals surface area contributed by atoms with Gasteiger partial charge in [-0.1, -0.05) is 18.2 Å². The highest BCUT2D eigenvalue weighted by Gasteiger charge is 2.29. The summed E-state index contributed by atoms with van der Waals surface area (Å²) < 4.78 is 4.95. The average Bonchev–Trinajstić information content (AvgIpc) is 2.79. The van der Waals surface area contributed by atoms with Gasteiger partial charge in [-0.15, -0.1) is 0 Å². The van der Waals surface area contributed by atoms with Crippen molar-refractivity contribution in [2.45, 2.75) is 25.7 Å². The number of nitriles is 1. The molecule has 0 aromatic heterocycles. The van der Waals surface area contributed by atoms with Gasteiger partial charge in [-0.05, 0) is 61.9 Å². The summed E-state index contributed by atoms with van der Waals surface area (Å²) in [5.74, 6) is 0.144. The van der Waals surface area contributed by atoms with Gasteiger partial charge in [0.05, 0.1) is 30.1 Å². The number of benzene rings is 2. The summed E-state index contributed by atoms with van der Waals surface area (Å²) in [7, 11) is 1.38. The molecule has 0 atom stereocenters. The average molecular weight is 406 g/mol. The summed E-state index contributed by atoms with van der Waals surface area (Å²) >= 11 is 0. The molecule has 7 nitrogen and oxygen atoms in total. The van der Waals surface area contributed by atoms with Gasteiger partial charge in [0.2, 0.25) is 5.91 Å². The zero-order valence-corrected chi connectivity index (χ0v) is 17.0. The zero-order chi connectivity index (χ0) is 21.5. The third-order valence-electron chi connectivity index (χ3n) is 5.56. The molecule has 3 rings (SSSR count). The van der Waals surface area contributed by atoms with Crippen LogP contribution in [0.5, 0.6) is 0 Å². The predicted molar refractivity (Wildman–Crippen MR) is 116 cm³/mol.